The summed E-state index contributed by atoms with van der Waals surface area (Å²) in [6.07, 6.45) is 19.4. The van der Waals surface area contributed by atoms with E-state index >= 15 is 8.78 Å². The number of ether oxygens (including phenoxy) is 1. The number of unbranched alkanes of at least 4 members (excludes halogenated alkanes) is 2. The Labute approximate surface area is 220 Å². The second-order valence-electron chi connectivity index (χ2n) is 11.5. The van der Waals surface area contributed by atoms with Crippen molar-refractivity contribution in [3.8, 4) is 28.0 Å². The van der Waals surface area contributed by atoms with E-state index in [1.54, 1.807) is 25.1 Å². The lowest BCUT2D eigenvalue weighted by Gasteiger charge is -2.32. The fourth-order valence-corrected chi connectivity index (χ4v) is 6.92. The van der Waals surface area contributed by atoms with Gasteiger partial charge in [0.2, 0.25) is 0 Å². The molecule has 200 valence electrons. The number of halogens is 3. The second-order valence-corrected chi connectivity index (χ2v) is 11.5. The maximum absolute atomic E-state index is 15.2. The zero-order valence-corrected chi connectivity index (χ0v) is 22.4. The summed E-state index contributed by atoms with van der Waals surface area (Å²) in [7, 11) is 0. The van der Waals surface area contributed by atoms with Crippen LogP contribution in [0.2, 0.25) is 0 Å². The van der Waals surface area contributed by atoms with Crippen LogP contribution in [0, 0.1) is 35.2 Å². The van der Waals surface area contributed by atoms with E-state index in [1.807, 2.05) is 0 Å². The van der Waals surface area contributed by atoms with Crippen molar-refractivity contribution in [1.29, 1.82) is 0 Å². The van der Waals surface area contributed by atoms with Gasteiger partial charge in [0.1, 0.15) is 0 Å². The van der Waals surface area contributed by atoms with Crippen molar-refractivity contribution in [2.24, 2.45) is 17.8 Å². The summed E-state index contributed by atoms with van der Waals surface area (Å²) in [4.78, 5) is 0. The van der Waals surface area contributed by atoms with Gasteiger partial charge in [-0.2, -0.15) is 0 Å². The topological polar surface area (TPSA) is 9.23 Å². The molecule has 2 aromatic rings. The highest BCUT2D eigenvalue weighted by Crippen LogP contribution is 2.54. The Morgan fingerprint density at radius 3 is 2.05 bits per heavy atom. The third-order valence-corrected chi connectivity index (χ3v) is 9.16. The first-order valence-corrected chi connectivity index (χ1v) is 14.7. The first kappa shape index (κ1) is 26.4. The summed E-state index contributed by atoms with van der Waals surface area (Å²) in [5.74, 6) is -0.0504. The highest BCUT2D eigenvalue weighted by Gasteiger charge is 2.36. The molecule has 37 heavy (non-hydrogen) atoms. The molecule has 0 radical (unpaired) electrons. The maximum Gasteiger partial charge on any atom is 0.173 e. The number of rotatable bonds is 9. The zero-order valence-electron chi connectivity index (χ0n) is 22.4. The molecule has 0 atom stereocenters. The molecule has 0 bridgehead atoms. The van der Waals surface area contributed by atoms with Crippen molar-refractivity contribution in [2.75, 3.05) is 6.61 Å². The number of hydrogen-bond donors (Lipinski definition) is 0. The van der Waals surface area contributed by atoms with E-state index in [9.17, 15) is 4.39 Å². The van der Waals surface area contributed by atoms with E-state index in [2.05, 4.69) is 19.1 Å². The van der Waals surface area contributed by atoms with Crippen LogP contribution in [0.3, 0.4) is 0 Å². The van der Waals surface area contributed by atoms with Crippen LogP contribution in [-0.4, -0.2) is 6.61 Å². The molecule has 2 saturated carbocycles. The monoisotopic (exact) mass is 510 g/mol. The lowest BCUT2D eigenvalue weighted by molar-refractivity contribution is 0.287. The summed E-state index contributed by atoms with van der Waals surface area (Å²) < 4.78 is 50.5. The quantitative estimate of drug-likeness (QED) is 0.205. The maximum atomic E-state index is 15.2. The smallest absolute Gasteiger partial charge is 0.173 e. The molecule has 0 unspecified atom stereocenters. The minimum Gasteiger partial charge on any atom is -0.491 e. The molecule has 5 rings (SSSR count). The van der Waals surface area contributed by atoms with Gasteiger partial charge in [0.25, 0.3) is 0 Å². The Bertz CT molecular complexity index is 1120. The minimum absolute atomic E-state index is 0.0135. The van der Waals surface area contributed by atoms with E-state index in [4.69, 9.17) is 4.74 Å². The van der Waals surface area contributed by atoms with Gasteiger partial charge in [-0.3, -0.25) is 0 Å². The normalized spacial score (nSPS) is 25.0. The Hall–Kier alpha value is -2.23. The average molecular weight is 511 g/mol. The van der Waals surface area contributed by atoms with Gasteiger partial charge in [-0.25, -0.2) is 13.2 Å². The lowest BCUT2D eigenvalue weighted by atomic mass is 9.73. The number of fused-ring (bicyclic) bond motifs is 4. The van der Waals surface area contributed by atoms with E-state index in [0.717, 1.165) is 31.6 Å². The number of benzene rings is 2. The summed E-state index contributed by atoms with van der Waals surface area (Å²) in [5.41, 5.74) is 1.94. The van der Waals surface area contributed by atoms with Crippen LogP contribution < -0.4 is 4.74 Å². The largest absolute Gasteiger partial charge is 0.491 e. The lowest BCUT2D eigenvalue weighted by Crippen LogP contribution is -2.17. The molecule has 0 saturated heterocycles. The standard InChI is InChI=1S/C33H41F3O/c1-3-5-6-7-21-8-10-22(11-9-21)12-13-23-14-16-24(17-15-23)26-20-27-25-18-19-28(37-4-2)32(35)29(25)30(27)33(36)31(26)34/h12-13,18-24H,3-11,14-17H2,1-2H3/b13-12+. The van der Waals surface area contributed by atoms with Crippen LogP contribution in [-0.2, 0) is 0 Å². The zero-order chi connectivity index (χ0) is 25.9. The van der Waals surface area contributed by atoms with E-state index in [0.29, 0.717) is 35.1 Å². The number of allylic oxidation sites excluding steroid dienone is 2. The van der Waals surface area contributed by atoms with Gasteiger partial charge in [0.05, 0.1) is 6.61 Å². The van der Waals surface area contributed by atoms with Crippen molar-refractivity contribution in [2.45, 2.75) is 96.8 Å². The Morgan fingerprint density at radius 1 is 0.757 bits per heavy atom. The molecular weight excluding hydrogens is 469 g/mol. The fraction of sp³-hybridized carbons (Fsp3) is 0.576. The first-order valence-electron chi connectivity index (χ1n) is 14.7. The Balaban J connectivity index is 1.18. The van der Waals surface area contributed by atoms with E-state index < -0.39 is 17.5 Å². The SMILES string of the molecule is CCCCCC1CCC(/C=C/C2CCC(c3cc4c(c(F)c3F)-c3c-4ccc(OCC)c3F)CC2)CC1. The number of hydrogen-bond acceptors (Lipinski definition) is 1. The van der Waals surface area contributed by atoms with Crippen LogP contribution in [0.15, 0.2) is 30.4 Å². The third-order valence-electron chi connectivity index (χ3n) is 9.16. The molecule has 0 aromatic heterocycles. The van der Waals surface area contributed by atoms with Gasteiger partial charge < -0.3 is 4.74 Å². The van der Waals surface area contributed by atoms with Gasteiger partial charge in [0, 0.05) is 11.1 Å². The molecule has 4 heteroatoms. The highest BCUT2D eigenvalue weighted by molar-refractivity contribution is 6.03. The Kier molecular flexibility index (Phi) is 8.31. The summed E-state index contributed by atoms with van der Waals surface area (Å²) in [6, 6.07) is 5.11. The predicted molar refractivity (Wildman–Crippen MR) is 145 cm³/mol. The van der Waals surface area contributed by atoms with Crippen LogP contribution in [0.5, 0.6) is 5.75 Å². The minimum atomic E-state index is -0.917. The van der Waals surface area contributed by atoms with Gasteiger partial charge in [-0.15, -0.1) is 0 Å². The van der Waals surface area contributed by atoms with Crippen molar-refractivity contribution in [3.05, 3.63) is 53.4 Å². The molecule has 3 aliphatic rings. The van der Waals surface area contributed by atoms with Crippen molar-refractivity contribution in [1.82, 2.24) is 0 Å². The molecule has 1 nitrogen and oxygen atoms in total. The molecular formula is C33H41F3O. The molecule has 2 fully saturated rings. The molecule has 0 N–H and O–H groups in total. The second kappa shape index (κ2) is 11.7. The van der Waals surface area contributed by atoms with Gasteiger partial charge in [-0.1, -0.05) is 44.8 Å². The molecule has 0 amide bonds. The fourth-order valence-electron chi connectivity index (χ4n) is 6.92. The summed E-state index contributed by atoms with van der Waals surface area (Å²) in [5, 5.41) is 0. The average Bonchev–Trinajstić information content (AvgIpc) is 2.90. The van der Waals surface area contributed by atoms with E-state index in [1.165, 1.54) is 51.4 Å². The van der Waals surface area contributed by atoms with Gasteiger partial charge in [0.15, 0.2) is 23.2 Å². The van der Waals surface area contributed by atoms with Crippen LogP contribution in [0.4, 0.5) is 13.2 Å². The van der Waals surface area contributed by atoms with Gasteiger partial charge in [-0.05, 0) is 117 Å². The summed E-state index contributed by atoms with van der Waals surface area (Å²) in [6.45, 7) is 4.36. The molecule has 0 heterocycles. The predicted octanol–water partition coefficient (Wildman–Crippen LogP) is 10.4. The molecule has 2 aromatic carbocycles. The first-order chi connectivity index (χ1) is 18.0. The van der Waals surface area contributed by atoms with Gasteiger partial charge >= 0.3 is 0 Å². The van der Waals surface area contributed by atoms with E-state index in [-0.39, 0.29) is 22.8 Å². The van der Waals surface area contributed by atoms with Crippen LogP contribution in [0.25, 0.3) is 22.3 Å². The molecule has 3 aliphatic carbocycles. The molecule has 0 spiro atoms. The third kappa shape index (κ3) is 5.36. The van der Waals surface area contributed by atoms with Crippen LogP contribution in [0.1, 0.15) is 102 Å². The highest BCUT2D eigenvalue weighted by atomic mass is 19.2. The Morgan fingerprint density at radius 2 is 1.41 bits per heavy atom. The van der Waals surface area contributed by atoms with Crippen molar-refractivity contribution >= 4 is 0 Å². The van der Waals surface area contributed by atoms with Crippen LogP contribution >= 0.6 is 0 Å². The summed E-state index contributed by atoms with van der Waals surface area (Å²) >= 11 is 0. The molecule has 0 aliphatic heterocycles. The van der Waals surface area contributed by atoms with Crippen molar-refractivity contribution in [3.63, 3.8) is 0 Å². The van der Waals surface area contributed by atoms with Crippen molar-refractivity contribution < 1.29 is 17.9 Å².